The SMILES string of the molecule is C1CCC(OC2CCCCO2)OC1.CC(C)(O)C(CS(=O)(=O)c1ccccc1)C(F)(F)F. The summed E-state index contributed by atoms with van der Waals surface area (Å²) in [6.07, 6.45) is 2.04. The van der Waals surface area contributed by atoms with Crippen molar-refractivity contribution in [3.8, 4) is 0 Å². The van der Waals surface area contributed by atoms with Crippen molar-refractivity contribution < 1.29 is 40.9 Å². The van der Waals surface area contributed by atoms with Crippen LogP contribution in [0.25, 0.3) is 0 Å². The average Bonchev–Trinajstić information content (AvgIpc) is 2.73. The Morgan fingerprint density at radius 2 is 1.50 bits per heavy atom. The van der Waals surface area contributed by atoms with Gasteiger partial charge in [-0.15, -0.1) is 0 Å². The van der Waals surface area contributed by atoms with E-state index in [-0.39, 0.29) is 17.5 Å². The van der Waals surface area contributed by atoms with Crippen molar-refractivity contribution in [2.75, 3.05) is 19.0 Å². The standard InChI is InChI=1S/C12H15F3O3S.C10H18O3/c1-11(2,16)10(12(13,14)15)8-19(17,18)9-6-4-3-5-7-9;1-3-7-11-9(5-1)13-10-6-2-4-8-12-10/h3-7,10,16H,8H2,1-2H3;9-10H,1-8H2. The van der Waals surface area contributed by atoms with Gasteiger partial charge in [-0.3, -0.25) is 0 Å². The van der Waals surface area contributed by atoms with Gasteiger partial charge in [0.05, 0.1) is 22.2 Å². The second-order valence-corrected chi connectivity index (χ2v) is 10.6. The van der Waals surface area contributed by atoms with Crippen molar-refractivity contribution in [3.63, 3.8) is 0 Å². The van der Waals surface area contributed by atoms with Gasteiger partial charge in [-0.2, -0.15) is 13.2 Å². The average molecular weight is 483 g/mol. The van der Waals surface area contributed by atoms with E-state index in [0.717, 1.165) is 39.9 Å². The predicted octanol–water partition coefficient (Wildman–Crippen LogP) is 4.47. The van der Waals surface area contributed by atoms with E-state index in [1.165, 1.54) is 49.9 Å². The first-order valence-electron chi connectivity index (χ1n) is 10.8. The molecule has 0 aromatic heterocycles. The first-order valence-corrected chi connectivity index (χ1v) is 12.5. The van der Waals surface area contributed by atoms with E-state index in [4.69, 9.17) is 14.2 Å². The smallest absolute Gasteiger partial charge is 0.390 e. The highest BCUT2D eigenvalue weighted by atomic mass is 32.2. The molecule has 2 heterocycles. The van der Waals surface area contributed by atoms with Crippen molar-refractivity contribution in [2.24, 2.45) is 5.92 Å². The Kier molecular flexibility index (Phi) is 9.96. The van der Waals surface area contributed by atoms with Gasteiger partial charge in [0, 0.05) is 13.2 Å². The van der Waals surface area contributed by atoms with Crippen LogP contribution in [0.4, 0.5) is 13.2 Å². The van der Waals surface area contributed by atoms with Crippen LogP contribution in [0.15, 0.2) is 35.2 Å². The fourth-order valence-electron chi connectivity index (χ4n) is 3.45. The van der Waals surface area contributed by atoms with E-state index in [2.05, 4.69) is 0 Å². The monoisotopic (exact) mass is 482 g/mol. The Hall–Kier alpha value is -1.20. The van der Waals surface area contributed by atoms with Crippen LogP contribution in [0.3, 0.4) is 0 Å². The highest BCUT2D eigenvalue weighted by molar-refractivity contribution is 7.91. The van der Waals surface area contributed by atoms with Gasteiger partial charge in [-0.05, 0) is 64.5 Å². The summed E-state index contributed by atoms with van der Waals surface area (Å²) in [5.74, 6) is -3.52. The van der Waals surface area contributed by atoms with Gasteiger partial charge in [0.1, 0.15) is 0 Å². The summed E-state index contributed by atoms with van der Waals surface area (Å²) in [5.41, 5.74) is -2.17. The largest absolute Gasteiger partial charge is 0.395 e. The zero-order valence-corrected chi connectivity index (χ0v) is 19.3. The minimum Gasteiger partial charge on any atom is -0.390 e. The molecule has 3 rings (SSSR count). The number of hydrogen-bond acceptors (Lipinski definition) is 6. The molecule has 2 saturated heterocycles. The van der Waals surface area contributed by atoms with Gasteiger partial charge in [-0.25, -0.2) is 8.42 Å². The van der Waals surface area contributed by atoms with Crippen LogP contribution >= 0.6 is 0 Å². The van der Waals surface area contributed by atoms with Gasteiger partial charge in [0.15, 0.2) is 22.4 Å². The minimum absolute atomic E-state index is 0.00292. The molecule has 1 N–H and O–H groups in total. The van der Waals surface area contributed by atoms with Crippen LogP contribution in [0.5, 0.6) is 0 Å². The normalized spacial score (nSPS) is 23.7. The summed E-state index contributed by atoms with van der Waals surface area (Å²) >= 11 is 0. The molecule has 3 unspecified atom stereocenters. The molecule has 3 atom stereocenters. The van der Waals surface area contributed by atoms with Gasteiger partial charge in [-0.1, -0.05) is 18.2 Å². The fourth-order valence-corrected chi connectivity index (χ4v) is 5.25. The third-order valence-electron chi connectivity index (χ3n) is 5.32. The maximum absolute atomic E-state index is 12.8. The Balaban J connectivity index is 0.000000242. The summed E-state index contributed by atoms with van der Waals surface area (Å²) < 4.78 is 79.0. The van der Waals surface area contributed by atoms with Crippen molar-refractivity contribution in [3.05, 3.63) is 30.3 Å². The summed E-state index contributed by atoms with van der Waals surface area (Å²) in [4.78, 5) is -0.187. The molecule has 2 aliphatic rings. The topological polar surface area (TPSA) is 82.1 Å². The lowest BCUT2D eigenvalue weighted by atomic mass is 9.92. The third-order valence-corrected chi connectivity index (χ3v) is 7.08. The van der Waals surface area contributed by atoms with Crippen LogP contribution in [0.1, 0.15) is 52.4 Å². The lowest BCUT2D eigenvalue weighted by molar-refractivity contribution is -0.264. The molecule has 10 heteroatoms. The molecule has 0 aliphatic carbocycles. The molecular weight excluding hydrogens is 449 g/mol. The molecule has 0 bridgehead atoms. The maximum atomic E-state index is 12.8. The first kappa shape index (κ1) is 27.0. The number of hydrogen-bond donors (Lipinski definition) is 1. The van der Waals surface area contributed by atoms with Gasteiger partial charge < -0.3 is 19.3 Å². The van der Waals surface area contributed by atoms with E-state index in [9.17, 15) is 26.7 Å². The molecule has 1 aromatic rings. The lowest BCUT2D eigenvalue weighted by Crippen LogP contribution is -2.45. The van der Waals surface area contributed by atoms with Crippen LogP contribution in [0.2, 0.25) is 0 Å². The number of rotatable bonds is 6. The summed E-state index contributed by atoms with van der Waals surface area (Å²) in [6.45, 7) is 3.59. The molecule has 1 aromatic carbocycles. The van der Waals surface area contributed by atoms with Crippen molar-refractivity contribution >= 4 is 9.84 Å². The number of ether oxygens (including phenoxy) is 3. The number of benzene rings is 1. The number of halogens is 3. The lowest BCUT2D eigenvalue weighted by Gasteiger charge is -2.30. The summed E-state index contributed by atoms with van der Waals surface area (Å²) in [6, 6.07) is 6.88. The molecule has 0 amide bonds. The van der Waals surface area contributed by atoms with E-state index in [1.807, 2.05) is 0 Å². The van der Waals surface area contributed by atoms with Crippen molar-refractivity contribution in [1.82, 2.24) is 0 Å². The number of alkyl halides is 3. The molecular formula is C22H33F3O6S. The van der Waals surface area contributed by atoms with Crippen LogP contribution in [-0.2, 0) is 24.0 Å². The highest BCUT2D eigenvalue weighted by Gasteiger charge is 2.50. The number of aliphatic hydroxyl groups is 1. The zero-order valence-electron chi connectivity index (χ0n) is 18.5. The van der Waals surface area contributed by atoms with Gasteiger partial charge in [0.25, 0.3) is 0 Å². The predicted molar refractivity (Wildman–Crippen MR) is 113 cm³/mol. The molecule has 0 spiro atoms. The Morgan fingerprint density at radius 1 is 1.00 bits per heavy atom. The van der Waals surface area contributed by atoms with Gasteiger partial charge in [0.2, 0.25) is 0 Å². The first-order chi connectivity index (χ1) is 14.9. The molecule has 184 valence electrons. The van der Waals surface area contributed by atoms with Crippen LogP contribution in [-0.4, -0.2) is 56.8 Å². The van der Waals surface area contributed by atoms with Crippen molar-refractivity contribution in [2.45, 2.75) is 81.6 Å². The van der Waals surface area contributed by atoms with E-state index >= 15 is 0 Å². The fraction of sp³-hybridized carbons (Fsp3) is 0.727. The van der Waals surface area contributed by atoms with Gasteiger partial charge >= 0.3 is 6.18 Å². The highest BCUT2D eigenvalue weighted by Crippen LogP contribution is 2.36. The number of sulfone groups is 1. The third kappa shape index (κ3) is 8.97. The zero-order chi connectivity index (χ0) is 23.8. The molecule has 6 nitrogen and oxygen atoms in total. The Morgan fingerprint density at radius 3 is 1.88 bits per heavy atom. The Labute approximate surface area is 188 Å². The van der Waals surface area contributed by atoms with Crippen LogP contribution < -0.4 is 0 Å². The summed E-state index contributed by atoms with van der Waals surface area (Å²) in [7, 11) is -4.11. The quantitative estimate of drug-likeness (QED) is 0.645. The molecule has 2 aliphatic heterocycles. The summed E-state index contributed by atoms with van der Waals surface area (Å²) in [5, 5.41) is 9.54. The molecule has 0 radical (unpaired) electrons. The minimum atomic E-state index is -4.79. The molecule has 0 saturated carbocycles. The maximum Gasteiger partial charge on any atom is 0.395 e. The van der Waals surface area contributed by atoms with Crippen molar-refractivity contribution in [1.29, 1.82) is 0 Å². The Bertz CT molecular complexity index is 735. The van der Waals surface area contributed by atoms with Crippen LogP contribution in [0, 0.1) is 5.92 Å². The van der Waals surface area contributed by atoms with E-state index < -0.39 is 33.3 Å². The molecule has 2 fully saturated rings. The molecule has 32 heavy (non-hydrogen) atoms. The second-order valence-electron chi connectivity index (χ2n) is 8.57. The van der Waals surface area contributed by atoms with E-state index in [1.54, 1.807) is 6.07 Å². The second kappa shape index (κ2) is 11.8. The van der Waals surface area contributed by atoms with E-state index in [0.29, 0.717) is 0 Å².